The molecule has 0 saturated heterocycles. The van der Waals surface area contributed by atoms with Crippen LogP contribution in [0.4, 0.5) is 0 Å². The number of rotatable bonds is 3. The summed E-state index contributed by atoms with van der Waals surface area (Å²) in [6.45, 7) is 0.131. The van der Waals surface area contributed by atoms with Crippen LogP contribution in [0, 0.1) is 0 Å². The van der Waals surface area contributed by atoms with Crippen molar-refractivity contribution in [2.45, 2.75) is 6.54 Å². The number of nitrogens with zero attached hydrogens (tertiary/aromatic N) is 1. The maximum absolute atomic E-state index is 10.8. The van der Waals surface area contributed by atoms with Gasteiger partial charge < -0.3 is 10.3 Å². The van der Waals surface area contributed by atoms with Gasteiger partial charge in [-0.25, -0.2) is 0 Å². The Labute approximate surface area is 86.3 Å². The van der Waals surface area contributed by atoms with Crippen molar-refractivity contribution in [2.75, 3.05) is 0 Å². The van der Waals surface area contributed by atoms with Crippen LogP contribution in [0.3, 0.4) is 0 Å². The number of primary amides is 1. The number of amides is 1. The van der Waals surface area contributed by atoms with Crippen molar-refractivity contribution in [3.8, 4) is 0 Å². The Morgan fingerprint density at radius 2 is 2.20 bits per heavy atom. The Bertz CT molecular complexity index is 528. The highest BCUT2D eigenvalue weighted by molar-refractivity contribution is 5.88. The van der Waals surface area contributed by atoms with Gasteiger partial charge in [-0.15, -0.1) is 0 Å². The van der Waals surface area contributed by atoms with Gasteiger partial charge in [0.1, 0.15) is 12.8 Å². The first-order chi connectivity index (χ1) is 7.20. The second-order valence-electron chi connectivity index (χ2n) is 3.35. The number of hydrogen-bond acceptors (Lipinski definition) is 2. The fourth-order valence-electron chi connectivity index (χ4n) is 1.58. The molecule has 0 aliphatic heterocycles. The highest BCUT2D eigenvalue weighted by atomic mass is 16.1. The third kappa shape index (κ3) is 1.74. The molecule has 2 aromatic rings. The van der Waals surface area contributed by atoms with Gasteiger partial charge in [0.2, 0.25) is 5.91 Å². The molecular weight excluding hydrogens is 192 g/mol. The Kier molecular flexibility index (Phi) is 2.25. The molecule has 4 nitrogen and oxygen atoms in total. The van der Waals surface area contributed by atoms with Crippen molar-refractivity contribution in [2.24, 2.45) is 5.73 Å². The Hall–Kier alpha value is -2.10. The van der Waals surface area contributed by atoms with E-state index in [9.17, 15) is 9.59 Å². The van der Waals surface area contributed by atoms with Gasteiger partial charge in [-0.3, -0.25) is 9.59 Å². The van der Waals surface area contributed by atoms with Crippen molar-refractivity contribution < 1.29 is 9.59 Å². The molecule has 4 heteroatoms. The second-order valence-corrected chi connectivity index (χ2v) is 3.35. The first-order valence-corrected chi connectivity index (χ1v) is 4.53. The largest absolute Gasteiger partial charge is 0.368 e. The fourth-order valence-corrected chi connectivity index (χ4v) is 1.58. The zero-order valence-corrected chi connectivity index (χ0v) is 8.01. The molecular formula is C11H10N2O2. The van der Waals surface area contributed by atoms with Gasteiger partial charge in [0.05, 0.1) is 0 Å². The topological polar surface area (TPSA) is 65.1 Å². The quantitative estimate of drug-likeness (QED) is 0.753. The summed E-state index contributed by atoms with van der Waals surface area (Å²) in [4.78, 5) is 21.4. The van der Waals surface area contributed by atoms with Crippen LogP contribution in [0.25, 0.3) is 10.9 Å². The van der Waals surface area contributed by atoms with Crippen LogP contribution < -0.4 is 5.73 Å². The SMILES string of the molecule is NC(=O)Cn1ccc2ccc(C=O)cc21. The van der Waals surface area contributed by atoms with E-state index in [1.54, 1.807) is 22.9 Å². The minimum atomic E-state index is -0.399. The minimum Gasteiger partial charge on any atom is -0.368 e. The maximum atomic E-state index is 10.8. The average Bonchev–Trinajstić information content (AvgIpc) is 2.60. The molecule has 0 atom stereocenters. The lowest BCUT2D eigenvalue weighted by molar-refractivity contribution is -0.118. The summed E-state index contributed by atoms with van der Waals surface area (Å²) in [7, 11) is 0. The second kappa shape index (κ2) is 3.57. The summed E-state index contributed by atoms with van der Waals surface area (Å²) in [5.74, 6) is -0.399. The number of carbonyl (C=O) groups excluding carboxylic acids is 2. The molecule has 0 aliphatic carbocycles. The molecule has 0 saturated carbocycles. The summed E-state index contributed by atoms with van der Waals surface area (Å²) in [6.07, 6.45) is 2.56. The van der Waals surface area contributed by atoms with Crippen molar-refractivity contribution in [3.05, 3.63) is 36.0 Å². The number of fused-ring (bicyclic) bond motifs is 1. The molecule has 76 valence electrons. The van der Waals surface area contributed by atoms with Crippen LogP contribution in [-0.4, -0.2) is 16.8 Å². The number of nitrogens with two attached hydrogens (primary N) is 1. The van der Waals surface area contributed by atoms with E-state index in [4.69, 9.17) is 5.73 Å². The van der Waals surface area contributed by atoms with Crippen LogP contribution in [-0.2, 0) is 11.3 Å². The van der Waals surface area contributed by atoms with E-state index in [0.29, 0.717) is 5.56 Å². The molecule has 0 aliphatic rings. The zero-order chi connectivity index (χ0) is 10.8. The predicted octanol–water partition coefficient (Wildman–Crippen LogP) is 0.939. The lowest BCUT2D eigenvalue weighted by Gasteiger charge is -2.01. The normalized spacial score (nSPS) is 10.4. The summed E-state index contributed by atoms with van der Waals surface area (Å²) in [6, 6.07) is 7.21. The standard InChI is InChI=1S/C11H10N2O2/c12-11(15)6-13-4-3-9-2-1-8(7-14)5-10(9)13/h1-5,7H,6H2,(H2,12,15). The van der Waals surface area contributed by atoms with Gasteiger partial charge in [-0.05, 0) is 17.5 Å². The van der Waals surface area contributed by atoms with E-state index in [1.165, 1.54) is 0 Å². The van der Waals surface area contributed by atoms with Gasteiger partial charge in [0.25, 0.3) is 0 Å². The molecule has 1 aromatic heterocycles. The Balaban J connectivity index is 2.55. The molecule has 1 amide bonds. The number of aldehydes is 1. The van der Waals surface area contributed by atoms with Crippen LogP contribution in [0.1, 0.15) is 10.4 Å². The van der Waals surface area contributed by atoms with Crippen LogP contribution in [0.2, 0.25) is 0 Å². The van der Waals surface area contributed by atoms with E-state index in [0.717, 1.165) is 17.2 Å². The van der Waals surface area contributed by atoms with Gasteiger partial charge in [0, 0.05) is 17.3 Å². The van der Waals surface area contributed by atoms with E-state index in [1.807, 2.05) is 12.1 Å². The molecule has 2 N–H and O–H groups in total. The molecule has 2 rings (SSSR count). The number of hydrogen-bond donors (Lipinski definition) is 1. The van der Waals surface area contributed by atoms with Crippen molar-refractivity contribution in [1.82, 2.24) is 4.57 Å². The summed E-state index contributed by atoms with van der Waals surface area (Å²) in [5, 5.41) is 0.988. The van der Waals surface area contributed by atoms with E-state index in [-0.39, 0.29) is 6.54 Å². The van der Waals surface area contributed by atoms with Crippen molar-refractivity contribution in [3.63, 3.8) is 0 Å². The van der Waals surface area contributed by atoms with Gasteiger partial charge in [-0.2, -0.15) is 0 Å². The number of benzene rings is 1. The third-order valence-corrected chi connectivity index (χ3v) is 2.26. The Morgan fingerprint density at radius 1 is 1.40 bits per heavy atom. The molecule has 0 bridgehead atoms. The molecule has 15 heavy (non-hydrogen) atoms. The monoisotopic (exact) mass is 202 g/mol. The van der Waals surface area contributed by atoms with E-state index < -0.39 is 5.91 Å². The summed E-state index contributed by atoms with van der Waals surface area (Å²) >= 11 is 0. The first-order valence-electron chi connectivity index (χ1n) is 4.53. The first kappa shape index (κ1) is 9.45. The van der Waals surface area contributed by atoms with Crippen LogP contribution in [0.15, 0.2) is 30.5 Å². The lowest BCUT2D eigenvalue weighted by Crippen LogP contribution is -2.17. The molecule has 0 unspecified atom stereocenters. The molecule has 0 spiro atoms. The minimum absolute atomic E-state index is 0.131. The van der Waals surface area contributed by atoms with E-state index in [2.05, 4.69) is 0 Å². The Morgan fingerprint density at radius 3 is 2.87 bits per heavy atom. The van der Waals surface area contributed by atoms with Crippen LogP contribution in [0.5, 0.6) is 0 Å². The summed E-state index contributed by atoms with van der Waals surface area (Å²) in [5.41, 5.74) is 6.55. The summed E-state index contributed by atoms with van der Waals surface area (Å²) < 4.78 is 1.73. The van der Waals surface area contributed by atoms with E-state index >= 15 is 0 Å². The van der Waals surface area contributed by atoms with Gasteiger partial charge in [0.15, 0.2) is 0 Å². The number of carbonyl (C=O) groups is 2. The fraction of sp³-hybridized carbons (Fsp3) is 0.0909. The molecule has 0 radical (unpaired) electrons. The van der Waals surface area contributed by atoms with Crippen LogP contribution >= 0.6 is 0 Å². The average molecular weight is 202 g/mol. The smallest absolute Gasteiger partial charge is 0.237 e. The van der Waals surface area contributed by atoms with Crippen molar-refractivity contribution >= 4 is 23.1 Å². The van der Waals surface area contributed by atoms with Gasteiger partial charge in [-0.1, -0.05) is 12.1 Å². The zero-order valence-electron chi connectivity index (χ0n) is 8.01. The molecule has 0 fully saturated rings. The highest BCUT2D eigenvalue weighted by Crippen LogP contribution is 2.16. The van der Waals surface area contributed by atoms with Gasteiger partial charge >= 0.3 is 0 Å². The molecule has 1 aromatic carbocycles. The maximum Gasteiger partial charge on any atom is 0.237 e. The predicted molar refractivity (Wildman–Crippen MR) is 56.5 cm³/mol. The number of aromatic nitrogens is 1. The highest BCUT2D eigenvalue weighted by Gasteiger charge is 2.03. The third-order valence-electron chi connectivity index (χ3n) is 2.26. The lowest BCUT2D eigenvalue weighted by atomic mass is 10.2. The van der Waals surface area contributed by atoms with Crippen molar-refractivity contribution in [1.29, 1.82) is 0 Å². The molecule has 1 heterocycles.